The minimum absolute atomic E-state index is 0.174. The molecular formula is C21H34N4O3. The lowest BCUT2D eigenvalue weighted by atomic mass is 9.85. The number of ether oxygens (including phenoxy) is 1. The third-order valence-corrected chi connectivity index (χ3v) is 5.28. The Bertz CT molecular complexity index is 682. The molecule has 0 radical (unpaired) electrons. The van der Waals surface area contributed by atoms with Crippen LogP contribution in [0.4, 0.5) is 0 Å². The number of amides is 1. The first kappa shape index (κ1) is 21.9. The van der Waals surface area contributed by atoms with Gasteiger partial charge in [0.1, 0.15) is 11.5 Å². The van der Waals surface area contributed by atoms with Crippen LogP contribution in [0.3, 0.4) is 0 Å². The minimum atomic E-state index is -0.375. The first-order valence-electron chi connectivity index (χ1n) is 10.0. The second kappa shape index (κ2) is 10.2. The van der Waals surface area contributed by atoms with Crippen LogP contribution in [0.1, 0.15) is 38.2 Å². The Hall–Kier alpha value is -2.44. The van der Waals surface area contributed by atoms with E-state index in [1.165, 1.54) is 0 Å². The van der Waals surface area contributed by atoms with E-state index in [-0.39, 0.29) is 17.1 Å². The Balaban J connectivity index is 1.99. The van der Waals surface area contributed by atoms with Gasteiger partial charge in [-0.15, -0.1) is 0 Å². The van der Waals surface area contributed by atoms with Crippen LogP contribution in [0, 0.1) is 5.41 Å². The van der Waals surface area contributed by atoms with Gasteiger partial charge in [0.05, 0.1) is 19.1 Å². The van der Waals surface area contributed by atoms with Gasteiger partial charge < -0.3 is 25.4 Å². The van der Waals surface area contributed by atoms with Gasteiger partial charge in [-0.1, -0.05) is 18.9 Å². The van der Waals surface area contributed by atoms with Crippen molar-refractivity contribution in [1.82, 2.24) is 15.5 Å². The normalized spacial score (nSPS) is 15.9. The molecule has 0 bridgehead atoms. The molecule has 2 rings (SSSR count). The predicted octanol–water partition coefficient (Wildman–Crippen LogP) is 2.15. The highest BCUT2D eigenvalue weighted by atomic mass is 16.5. The van der Waals surface area contributed by atoms with E-state index in [1.54, 1.807) is 18.1 Å². The molecule has 1 saturated carbocycles. The number of aliphatic imine (C=N–C) groups is 1. The number of methoxy groups -OCH3 is 1. The summed E-state index contributed by atoms with van der Waals surface area (Å²) >= 11 is 0. The van der Waals surface area contributed by atoms with Crippen molar-refractivity contribution < 1.29 is 14.6 Å². The highest BCUT2D eigenvalue weighted by Gasteiger charge is 2.42. The summed E-state index contributed by atoms with van der Waals surface area (Å²) in [5.74, 6) is 1.74. The quantitative estimate of drug-likeness (QED) is 0.468. The zero-order valence-corrected chi connectivity index (χ0v) is 17.5. The second-order valence-electron chi connectivity index (χ2n) is 7.55. The molecule has 1 aliphatic rings. The molecule has 1 aromatic rings. The fourth-order valence-electron chi connectivity index (χ4n) is 3.74. The lowest BCUT2D eigenvalue weighted by Crippen LogP contribution is -2.43. The fourth-order valence-corrected chi connectivity index (χ4v) is 3.74. The second-order valence-corrected chi connectivity index (χ2v) is 7.55. The SMILES string of the molecule is CCNC(=NCC1(C(=O)N(C)C)CCCC1)NCCc1ccc(OC)cc1O. The molecule has 1 amide bonds. The van der Waals surface area contributed by atoms with E-state index < -0.39 is 0 Å². The third kappa shape index (κ3) is 5.53. The number of carbonyl (C=O) groups excluding carboxylic acids is 1. The summed E-state index contributed by atoms with van der Waals surface area (Å²) in [5.41, 5.74) is 0.472. The molecule has 0 aliphatic heterocycles. The lowest BCUT2D eigenvalue weighted by molar-refractivity contribution is -0.138. The van der Waals surface area contributed by atoms with Crippen molar-refractivity contribution in [3.05, 3.63) is 23.8 Å². The maximum Gasteiger partial charge on any atom is 0.230 e. The van der Waals surface area contributed by atoms with Gasteiger partial charge in [-0.25, -0.2) is 0 Å². The number of hydrogen-bond donors (Lipinski definition) is 3. The molecule has 156 valence electrons. The summed E-state index contributed by atoms with van der Waals surface area (Å²) in [6.45, 7) is 3.88. The van der Waals surface area contributed by atoms with Crippen molar-refractivity contribution in [2.45, 2.75) is 39.0 Å². The average Bonchev–Trinajstić information content (AvgIpc) is 3.16. The first-order chi connectivity index (χ1) is 13.4. The summed E-state index contributed by atoms with van der Waals surface area (Å²) in [6.07, 6.45) is 4.60. The molecule has 0 aromatic heterocycles. The van der Waals surface area contributed by atoms with Gasteiger partial charge in [0, 0.05) is 33.3 Å². The molecule has 7 heteroatoms. The molecule has 0 saturated heterocycles. The van der Waals surface area contributed by atoms with E-state index in [9.17, 15) is 9.90 Å². The smallest absolute Gasteiger partial charge is 0.230 e. The van der Waals surface area contributed by atoms with Crippen molar-refractivity contribution >= 4 is 11.9 Å². The molecule has 1 fully saturated rings. The van der Waals surface area contributed by atoms with E-state index in [1.807, 2.05) is 33.2 Å². The van der Waals surface area contributed by atoms with Crippen LogP contribution in [0.25, 0.3) is 0 Å². The maximum atomic E-state index is 12.7. The molecule has 0 heterocycles. The number of carbonyl (C=O) groups is 1. The molecule has 0 spiro atoms. The summed E-state index contributed by atoms with van der Waals surface area (Å²) in [4.78, 5) is 19.1. The van der Waals surface area contributed by atoms with Gasteiger partial charge in [0.25, 0.3) is 0 Å². The first-order valence-corrected chi connectivity index (χ1v) is 10.0. The van der Waals surface area contributed by atoms with Crippen LogP contribution in [-0.4, -0.2) is 62.7 Å². The van der Waals surface area contributed by atoms with Gasteiger partial charge in [-0.05, 0) is 37.8 Å². The van der Waals surface area contributed by atoms with Crippen LogP contribution in [0.15, 0.2) is 23.2 Å². The van der Waals surface area contributed by atoms with Crippen LogP contribution in [-0.2, 0) is 11.2 Å². The van der Waals surface area contributed by atoms with Gasteiger partial charge >= 0.3 is 0 Å². The Morgan fingerprint density at radius 2 is 2.00 bits per heavy atom. The molecule has 1 aliphatic carbocycles. The van der Waals surface area contributed by atoms with Crippen molar-refractivity contribution in [1.29, 1.82) is 0 Å². The van der Waals surface area contributed by atoms with E-state index in [4.69, 9.17) is 9.73 Å². The summed E-state index contributed by atoms with van der Waals surface area (Å²) < 4.78 is 5.12. The number of nitrogens with zero attached hydrogens (tertiary/aromatic N) is 2. The number of aromatic hydroxyl groups is 1. The predicted molar refractivity (Wildman–Crippen MR) is 112 cm³/mol. The zero-order valence-electron chi connectivity index (χ0n) is 17.5. The van der Waals surface area contributed by atoms with Crippen LogP contribution < -0.4 is 15.4 Å². The van der Waals surface area contributed by atoms with E-state index in [2.05, 4.69) is 10.6 Å². The van der Waals surface area contributed by atoms with Crippen molar-refractivity contribution in [2.75, 3.05) is 40.8 Å². The molecular weight excluding hydrogens is 356 g/mol. The number of hydrogen-bond acceptors (Lipinski definition) is 4. The van der Waals surface area contributed by atoms with Crippen LogP contribution in [0.2, 0.25) is 0 Å². The van der Waals surface area contributed by atoms with Gasteiger partial charge in [0.2, 0.25) is 5.91 Å². The van der Waals surface area contributed by atoms with Gasteiger partial charge in [0.15, 0.2) is 5.96 Å². The van der Waals surface area contributed by atoms with E-state index in [0.29, 0.717) is 31.2 Å². The molecule has 1 aromatic carbocycles. The molecule has 0 unspecified atom stereocenters. The molecule has 0 atom stereocenters. The standard InChI is InChI=1S/C21H34N4O3/c1-5-22-20(23-13-10-16-8-9-17(28-4)14-18(16)26)24-15-21(11-6-7-12-21)19(27)25(2)3/h8-9,14,26H,5-7,10-13,15H2,1-4H3,(H2,22,23,24). The molecule has 28 heavy (non-hydrogen) atoms. The summed E-state index contributed by atoms with van der Waals surface area (Å²) in [7, 11) is 5.21. The van der Waals surface area contributed by atoms with Crippen molar-refractivity contribution in [3.8, 4) is 11.5 Å². The fraction of sp³-hybridized carbons (Fsp3) is 0.619. The third-order valence-electron chi connectivity index (χ3n) is 5.28. The van der Waals surface area contributed by atoms with Crippen LogP contribution in [0.5, 0.6) is 11.5 Å². The monoisotopic (exact) mass is 390 g/mol. The van der Waals surface area contributed by atoms with E-state index in [0.717, 1.165) is 37.8 Å². The van der Waals surface area contributed by atoms with Gasteiger partial charge in [-0.3, -0.25) is 9.79 Å². The molecule has 7 nitrogen and oxygen atoms in total. The summed E-state index contributed by atoms with van der Waals surface area (Å²) in [6, 6.07) is 5.32. The summed E-state index contributed by atoms with van der Waals surface area (Å²) in [5, 5.41) is 16.6. The Morgan fingerprint density at radius 1 is 1.29 bits per heavy atom. The Kier molecular flexibility index (Phi) is 7.96. The zero-order chi connectivity index (χ0) is 20.6. The average molecular weight is 391 g/mol. The van der Waals surface area contributed by atoms with E-state index >= 15 is 0 Å². The number of rotatable bonds is 8. The van der Waals surface area contributed by atoms with Crippen LogP contribution >= 0.6 is 0 Å². The number of phenolic OH excluding ortho intramolecular Hbond substituents is 1. The topological polar surface area (TPSA) is 86.2 Å². The number of phenols is 1. The number of benzene rings is 1. The van der Waals surface area contributed by atoms with Gasteiger partial charge in [-0.2, -0.15) is 0 Å². The Labute approximate surface area is 168 Å². The maximum absolute atomic E-state index is 12.7. The van der Waals surface area contributed by atoms with Crippen molar-refractivity contribution in [3.63, 3.8) is 0 Å². The highest BCUT2D eigenvalue weighted by molar-refractivity contribution is 5.84. The van der Waals surface area contributed by atoms with Crippen molar-refractivity contribution in [2.24, 2.45) is 10.4 Å². The molecule has 3 N–H and O–H groups in total. The largest absolute Gasteiger partial charge is 0.508 e. The minimum Gasteiger partial charge on any atom is -0.508 e. The Morgan fingerprint density at radius 3 is 2.57 bits per heavy atom. The highest BCUT2D eigenvalue weighted by Crippen LogP contribution is 2.39. The lowest BCUT2D eigenvalue weighted by Gasteiger charge is -2.29. The number of guanidine groups is 1. The number of nitrogens with one attached hydrogen (secondary N) is 2.